The van der Waals surface area contributed by atoms with Crippen molar-refractivity contribution in [1.29, 1.82) is 0 Å². The maximum Gasteiger partial charge on any atom is 0.223 e. The summed E-state index contributed by atoms with van der Waals surface area (Å²) < 4.78 is 31.4. The van der Waals surface area contributed by atoms with Crippen LogP contribution in [-0.4, -0.2) is 20.9 Å². The number of hydrogen-bond donors (Lipinski definition) is 1. The van der Waals surface area contributed by atoms with Gasteiger partial charge in [0.15, 0.2) is 9.84 Å². The molecule has 0 bridgehead atoms. The van der Waals surface area contributed by atoms with Crippen molar-refractivity contribution in [1.82, 2.24) is 5.32 Å². The largest absolute Gasteiger partial charge is 0.468 e. The Morgan fingerprint density at radius 1 is 1.12 bits per heavy atom. The molecule has 0 saturated heterocycles. The van der Waals surface area contributed by atoms with Gasteiger partial charge in [0.05, 0.1) is 11.2 Å². The van der Waals surface area contributed by atoms with E-state index in [-0.39, 0.29) is 23.3 Å². The third-order valence-corrected chi connectivity index (χ3v) is 6.48. The molecule has 136 valence electrons. The van der Waals surface area contributed by atoms with Crippen molar-refractivity contribution < 1.29 is 17.6 Å². The summed E-state index contributed by atoms with van der Waals surface area (Å²) in [4.78, 5) is 12.5. The number of amides is 1. The molecule has 0 spiro atoms. The highest BCUT2D eigenvalue weighted by Crippen LogP contribution is 2.29. The first-order chi connectivity index (χ1) is 11.9. The molecule has 0 saturated carbocycles. The molecular formula is C19H25NO4S. The fourth-order valence-electron chi connectivity index (χ4n) is 2.73. The quantitative estimate of drug-likeness (QED) is 0.776. The monoisotopic (exact) mass is 363 g/mol. The van der Waals surface area contributed by atoms with Crippen LogP contribution < -0.4 is 5.32 Å². The second kappa shape index (κ2) is 8.34. The van der Waals surface area contributed by atoms with Gasteiger partial charge in [0, 0.05) is 12.5 Å². The first-order valence-electron chi connectivity index (χ1n) is 8.51. The van der Waals surface area contributed by atoms with Crippen molar-refractivity contribution in [3.05, 3.63) is 54.0 Å². The maximum atomic E-state index is 13.1. The Labute approximate surface area is 149 Å². The molecule has 5 nitrogen and oxygen atoms in total. The van der Waals surface area contributed by atoms with E-state index >= 15 is 0 Å². The van der Waals surface area contributed by atoms with Crippen LogP contribution in [0.2, 0.25) is 0 Å². The van der Waals surface area contributed by atoms with Gasteiger partial charge in [0.1, 0.15) is 11.0 Å². The maximum absolute atomic E-state index is 13.1. The number of aryl methyl sites for hydroxylation is 1. The topological polar surface area (TPSA) is 76.4 Å². The predicted octanol–water partition coefficient (Wildman–Crippen LogP) is 3.66. The molecule has 0 radical (unpaired) electrons. The average Bonchev–Trinajstić information content (AvgIpc) is 3.10. The second-order valence-electron chi connectivity index (χ2n) is 6.12. The Bertz CT molecular complexity index is 775. The van der Waals surface area contributed by atoms with E-state index in [1.807, 2.05) is 20.8 Å². The molecule has 0 fully saturated rings. The summed E-state index contributed by atoms with van der Waals surface area (Å²) in [6.45, 7) is 5.77. The molecule has 6 heteroatoms. The van der Waals surface area contributed by atoms with Gasteiger partial charge in [-0.2, -0.15) is 0 Å². The van der Waals surface area contributed by atoms with E-state index in [0.717, 1.165) is 18.4 Å². The molecule has 1 aromatic carbocycles. The van der Waals surface area contributed by atoms with E-state index in [2.05, 4.69) is 5.32 Å². The SMILES string of the molecule is CCC(CC)C(=O)NCC(c1ccco1)S(=O)(=O)c1ccc(C)cc1. The molecule has 25 heavy (non-hydrogen) atoms. The summed E-state index contributed by atoms with van der Waals surface area (Å²) in [5.74, 6) is 0.0883. The van der Waals surface area contributed by atoms with Gasteiger partial charge in [-0.3, -0.25) is 4.79 Å². The highest BCUT2D eigenvalue weighted by Gasteiger charge is 2.32. The van der Waals surface area contributed by atoms with Crippen LogP contribution in [0.15, 0.2) is 52.0 Å². The Morgan fingerprint density at radius 2 is 1.76 bits per heavy atom. The molecule has 0 aliphatic carbocycles. The molecule has 1 atom stereocenters. The molecule has 2 aromatic rings. The zero-order valence-electron chi connectivity index (χ0n) is 14.9. The van der Waals surface area contributed by atoms with Gasteiger partial charge >= 0.3 is 0 Å². The summed E-state index contributed by atoms with van der Waals surface area (Å²) in [7, 11) is -3.68. The Hall–Kier alpha value is -2.08. The van der Waals surface area contributed by atoms with Gasteiger partial charge in [0.2, 0.25) is 5.91 Å². The van der Waals surface area contributed by atoms with Gasteiger partial charge < -0.3 is 9.73 Å². The highest BCUT2D eigenvalue weighted by atomic mass is 32.2. The van der Waals surface area contributed by atoms with Crippen LogP contribution in [0.3, 0.4) is 0 Å². The number of furan rings is 1. The molecule has 1 amide bonds. The number of sulfone groups is 1. The van der Waals surface area contributed by atoms with Crippen LogP contribution in [0.4, 0.5) is 0 Å². The van der Waals surface area contributed by atoms with Gasteiger partial charge in [-0.1, -0.05) is 31.5 Å². The second-order valence-corrected chi connectivity index (χ2v) is 8.25. The van der Waals surface area contributed by atoms with Crippen LogP contribution in [0, 0.1) is 12.8 Å². The molecular weight excluding hydrogens is 338 g/mol. The number of nitrogens with one attached hydrogen (secondary N) is 1. The number of rotatable bonds is 8. The predicted molar refractivity (Wildman–Crippen MR) is 96.9 cm³/mol. The van der Waals surface area contributed by atoms with Gasteiger partial charge in [0.25, 0.3) is 0 Å². The van der Waals surface area contributed by atoms with Gasteiger partial charge in [-0.15, -0.1) is 0 Å². The molecule has 1 unspecified atom stereocenters. The summed E-state index contributed by atoms with van der Waals surface area (Å²) in [5.41, 5.74) is 0.982. The van der Waals surface area contributed by atoms with Crippen LogP contribution in [0.5, 0.6) is 0 Å². The van der Waals surface area contributed by atoms with E-state index in [0.29, 0.717) is 5.76 Å². The number of hydrogen-bond acceptors (Lipinski definition) is 4. The molecule has 1 N–H and O–H groups in total. The highest BCUT2D eigenvalue weighted by molar-refractivity contribution is 7.91. The fourth-order valence-corrected chi connectivity index (χ4v) is 4.31. The van der Waals surface area contributed by atoms with Crippen molar-refractivity contribution in [2.24, 2.45) is 5.92 Å². The number of carbonyl (C=O) groups is 1. The van der Waals surface area contributed by atoms with E-state index in [4.69, 9.17) is 4.42 Å². The first-order valence-corrected chi connectivity index (χ1v) is 10.1. The molecule has 0 aliphatic heterocycles. The van der Waals surface area contributed by atoms with Crippen LogP contribution >= 0.6 is 0 Å². The minimum Gasteiger partial charge on any atom is -0.468 e. The van der Waals surface area contributed by atoms with Crippen LogP contribution in [0.25, 0.3) is 0 Å². The fraction of sp³-hybridized carbons (Fsp3) is 0.421. The zero-order valence-corrected chi connectivity index (χ0v) is 15.7. The van der Waals surface area contributed by atoms with Crippen LogP contribution in [-0.2, 0) is 14.6 Å². The molecule has 1 heterocycles. The molecule has 0 aliphatic rings. The lowest BCUT2D eigenvalue weighted by Gasteiger charge is -2.19. The molecule has 1 aromatic heterocycles. The number of benzene rings is 1. The smallest absolute Gasteiger partial charge is 0.223 e. The number of carbonyl (C=O) groups excluding carboxylic acids is 1. The van der Waals surface area contributed by atoms with Crippen molar-refractivity contribution in [3.63, 3.8) is 0 Å². The van der Waals surface area contributed by atoms with Crippen molar-refractivity contribution in [2.45, 2.75) is 43.8 Å². The normalized spacial score (nSPS) is 13.0. The minimum absolute atomic E-state index is 0.0148. The van der Waals surface area contributed by atoms with Crippen molar-refractivity contribution >= 4 is 15.7 Å². The third kappa shape index (κ3) is 4.51. The zero-order chi connectivity index (χ0) is 18.4. The molecule has 2 rings (SSSR count). The summed E-state index contributed by atoms with van der Waals surface area (Å²) in [6, 6.07) is 9.96. The lowest BCUT2D eigenvalue weighted by Crippen LogP contribution is -2.35. The Kier molecular flexibility index (Phi) is 6.42. The standard InChI is InChI=1S/C19H25NO4S/c1-4-15(5-2)19(21)20-13-18(17-7-6-12-24-17)25(22,23)16-10-8-14(3)9-11-16/h6-12,15,18H,4-5,13H2,1-3H3,(H,20,21). The van der Waals surface area contributed by atoms with E-state index < -0.39 is 15.1 Å². The minimum atomic E-state index is -3.68. The summed E-state index contributed by atoms with van der Waals surface area (Å²) in [5, 5.41) is 1.83. The van der Waals surface area contributed by atoms with Gasteiger partial charge in [-0.25, -0.2) is 8.42 Å². The first kappa shape index (κ1) is 19.2. The van der Waals surface area contributed by atoms with E-state index in [1.54, 1.807) is 36.4 Å². The lowest BCUT2D eigenvalue weighted by molar-refractivity contribution is -0.125. The average molecular weight is 363 g/mol. The van der Waals surface area contributed by atoms with Crippen LogP contribution in [0.1, 0.15) is 43.3 Å². The van der Waals surface area contributed by atoms with E-state index in [1.165, 1.54) is 6.26 Å². The lowest BCUT2D eigenvalue weighted by atomic mass is 10.0. The van der Waals surface area contributed by atoms with Crippen molar-refractivity contribution in [3.8, 4) is 0 Å². The summed E-state index contributed by atoms with van der Waals surface area (Å²) >= 11 is 0. The Balaban J connectivity index is 2.28. The summed E-state index contributed by atoms with van der Waals surface area (Å²) in [6.07, 6.45) is 2.88. The van der Waals surface area contributed by atoms with E-state index in [9.17, 15) is 13.2 Å². The third-order valence-electron chi connectivity index (χ3n) is 4.40. The Morgan fingerprint density at radius 3 is 2.28 bits per heavy atom. The van der Waals surface area contributed by atoms with Crippen molar-refractivity contribution in [2.75, 3.05) is 6.54 Å². The van der Waals surface area contributed by atoms with Gasteiger partial charge in [-0.05, 0) is 44.0 Å².